The molecule has 1 aromatic heterocycles. The highest BCUT2D eigenvalue weighted by Crippen LogP contribution is 2.34. The van der Waals surface area contributed by atoms with Crippen molar-refractivity contribution in [1.29, 1.82) is 0 Å². The van der Waals surface area contributed by atoms with Gasteiger partial charge in [-0.1, -0.05) is 25.5 Å². The van der Waals surface area contributed by atoms with Crippen LogP contribution >= 0.6 is 0 Å². The smallest absolute Gasteiger partial charge is 0.251 e. The Bertz CT molecular complexity index is 707. The topological polar surface area (TPSA) is 68.2 Å². The molecule has 0 spiro atoms. The summed E-state index contributed by atoms with van der Waals surface area (Å²) in [4.78, 5) is 12.0. The van der Waals surface area contributed by atoms with Crippen molar-refractivity contribution in [3.05, 3.63) is 47.0 Å². The molecule has 23 heavy (non-hydrogen) atoms. The van der Waals surface area contributed by atoms with Crippen molar-refractivity contribution in [3.63, 3.8) is 0 Å². The number of aromatic nitrogens is 1. The largest absolute Gasteiger partial charge is 0.396 e. The molecule has 0 fully saturated rings. The SMILES string of the molecule is CCCc1c(-c2cccc(F)c2)c(C(N)=O)c(C)n1CCCO. The van der Waals surface area contributed by atoms with Crippen molar-refractivity contribution < 1.29 is 14.3 Å². The number of nitrogens with zero attached hydrogens (tertiary/aromatic N) is 1. The number of carbonyl (C=O) groups excluding carboxylic acids is 1. The molecule has 0 aliphatic carbocycles. The van der Waals surface area contributed by atoms with Crippen LogP contribution in [0, 0.1) is 12.7 Å². The minimum atomic E-state index is -0.512. The molecule has 2 rings (SSSR count). The zero-order valence-corrected chi connectivity index (χ0v) is 13.6. The average Bonchev–Trinajstić information content (AvgIpc) is 2.78. The third-order valence-electron chi connectivity index (χ3n) is 4.02. The lowest BCUT2D eigenvalue weighted by Crippen LogP contribution is -2.13. The highest BCUT2D eigenvalue weighted by molar-refractivity contribution is 6.02. The maximum Gasteiger partial charge on any atom is 0.251 e. The highest BCUT2D eigenvalue weighted by Gasteiger charge is 2.24. The van der Waals surface area contributed by atoms with Gasteiger partial charge >= 0.3 is 0 Å². The van der Waals surface area contributed by atoms with Crippen molar-refractivity contribution >= 4 is 5.91 Å². The van der Waals surface area contributed by atoms with E-state index in [1.54, 1.807) is 12.1 Å². The summed E-state index contributed by atoms with van der Waals surface area (Å²) in [6, 6.07) is 6.23. The fraction of sp³-hybridized carbons (Fsp3) is 0.389. The summed E-state index contributed by atoms with van der Waals surface area (Å²) in [7, 11) is 0. The van der Waals surface area contributed by atoms with Crippen molar-refractivity contribution in [3.8, 4) is 11.1 Å². The molecule has 4 nitrogen and oxygen atoms in total. The van der Waals surface area contributed by atoms with Crippen LogP contribution in [0.25, 0.3) is 11.1 Å². The Morgan fingerprint density at radius 3 is 2.70 bits per heavy atom. The van der Waals surface area contributed by atoms with Gasteiger partial charge in [-0.3, -0.25) is 4.79 Å². The van der Waals surface area contributed by atoms with E-state index in [4.69, 9.17) is 10.8 Å². The normalized spacial score (nSPS) is 11.0. The van der Waals surface area contributed by atoms with Gasteiger partial charge in [0.05, 0.1) is 5.56 Å². The third-order valence-corrected chi connectivity index (χ3v) is 4.02. The fourth-order valence-electron chi connectivity index (χ4n) is 3.08. The van der Waals surface area contributed by atoms with Gasteiger partial charge in [0, 0.05) is 30.1 Å². The molecule has 0 aliphatic heterocycles. The maximum absolute atomic E-state index is 13.7. The molecule has 0 bridgehead atoms. The number of primary amides is 1. The van der Waals surface area contributed by atoms with Crippen LogP contribution in [0.15, 0.2) is 24.3 Å². The summed E-state index contributed by atoms with van der Waals surface area (Å²) in [5.74, 6) is -0.858. The Balaban J connectivity index is 2.73. The summed E-state index contributed by atoms with van der Waals surface area (Å²) in [6.07, 6.45) is 2.24. The van der Waals surface area contributed by atoms with Crippen LogP contribution < -0.4 is 5.73 Å². The molecule has 2 aromatic rings. The zero-order chi connectivity index (χ0) is 17.0. The number of benzene rings is 1. The lowest BCUT2D eigenvalue weighted by molar-refractivity contribution is 0.1000. The van der Waals surface area contributed by atoms with E-state index in [1.165, 1.54) is 12.1 Å². The number of amides is 1. The lowest BCUT2D eigenvalue weighted by Gasteiger charge is -2.12. The summed E-state index contributed by atoms with van der Waals surface area (Å²) in [5, 5.41) is 9.12. The van der Waals surface area contributed by atoms with Crippen LogP contribution in [-0.4, -0.2) is 22.2 Å². The number of aliphatic hydroxyl groups is 1. The first-order valence-electron chi connectivity index (χ1n) is 7.89. The van der Waals surface area contributed by atoms with Gasteiger partial charge in [-0.25, -0.2) is 4.39 Å². The molecular weight excluding hydrogens is 295 g/mol. The van der Waals surface area contributed by atoms with Crippen LogP contribution in [0.2, 0.25) is 0 Å². The summed E-state index contributed by atoms with van der Waals surface area (Å²) in [5.41, 5.74) is 9.16. The number of rotatable bonds is 7. The second-order valence-corrected chi connectivity index (χ2v) is 5.64. The van der Waals surface area contributed by atoms with E-state index in [2.05, 4.69) is 6.92 Å². The highest BCUT2D eigenvalue weighted by atomic mass is 19.1. The zero-order valence-electron chi connectivity index (χ0n) is 13.6. The minimum absolute atomic E-state index is 0.0738. The number of carbonyl (C=O) groups is 1. The molecule has 1 heterocycles. The Morgan fingerprint density at radius 1 is 1.39 bits per heavy atom. The van der Waals surface area contributed by atoms with E-state index in [-0.39, 0.29) is 12.4 Å². The predicted octanol–water partition coefficient (Wildman–Crippen LogP) is 3.04. The molecule has 0 radical (unpaired) electrons. The molecule has 0 saturated heterocycles. The molecule has 3 N–H and O–H groups in total. The summed E-state index contributed by atoms with van der Waals surface area (Å²) >= 11 is 0. The first-order valence-corrected chi connectivity index (χ1v) is 7.89. The van der Waals surface area contributed by atoms with E-state index in [0.29, 0.717) is 29.7 Å². The second kappa shape index (κ2) is 7.42. The number of hydrogen-bond donors (Lipinski definition) is 2. The Hall–Kier alpha value is -2.14. The number of hydrogen-bond acceptors (Lipinski definition) is 2. The fourth-order valence-corrected chi connectivity index (χ4v) is 3.08. The van der Waals surface area contributed by atoms with Crippen LogP contribution in [-0.2, 0) is 13.0 Å². The quantitative estimate of drug-likeness (QED) is 0.824. The average molecular weight is 318 g/mol. The van der Waals surface area contributed by atoms with E-state index in [9.17, 15) is 9.18 Å². The van der Waals surface area contributed by atoms with E-state index >= 15 is 0 Å². The van der Waals surface area contributed by atoms with E-state index in [0.717, 1.165) is 24.2 Å². The Labute approximate surface area is 135 Å². The van der Waals surface area contributed by atoms with Crippen molar-refractivity contribution in [1.82, 2.24) is 4.57 Å². The Morgan fingerprint density at radius 2 is 2.13 bits per heavy atom. The molecular formula is C18H23FN2O2. The molecule has 1 amide bonds. The lowest BCUT2D eigenvalue weighted by atomic mass is 9.98. The van der Waals surface area contributed by atoms with Crippen molar-refractivity contribution in [2.75, 3.05) is 6.61 Å². The van der Waals surface area contributed by atoms with Gasteiger partial charge in [0.15, 0.2) is 0 Å². The standard InChI is InChI=1S/C18H23FN2O2/c1-3-6-15-17(13-7-4-8-14(19)11-13)16(18(20)23)12(2)21(15)9-5-10-22/h4,7-8,11,22H,3,5-6,9-10H2,1-2H3,(H2,20,23). The van der Waals surface area contributed by atoms with Crippen LogP contribution in [0.3, 0.4) is 0 Å². The molecule has 0 saturated carbocycles. The number of nitrogens with two attached hydrogens (primary N) is 1. The number of halogens is 1. The van der Waals surface area contributed by atoms with Crippen molar-refractivity contribution in [2.45, 2.75) is 39.7 Å². The maximum atomic E-state index is 13.7. The monoisotopic (exact) mass is 318 g/mol. The van der Waals surface area contributed by atoms with Crippen LogP contribution in [0.1, 0.15) is 41.5 Å². The van der Waals surface area contributed by atoms with Gasteiger partial charge in [-0.15, -0.1) is 0 Å². The van der Waals surface area contributed by atoms with E-state index < -0.39 is 5.91 Å². The molecule has 124 valence electrons. The third kappa shape index (κ3) is 3.45. The first-order chi connectivity index (χ1) is 11.0. The second-order valence-electron chi connectivity index (χ2n) is 5.64. The molecule has 0 unspecified atom stereocenters. The van der Waals surface area contributed by atoms with Gasteiger partial charge in [0.2, 0.25) is 0 Å². The summed E-state index contributed by atoms with van der Waals surface area (Å²) in [6.45, 7) is 4.58. The van der Waals surface area contributed by atoms with Crippen LogP contribution in [0.4, 0.5) is 4.39 Å². The van der Waals surface area contributed by atoms with Gasteiger partial charge in [-0.2, -0.15) is 0 Å². The first kappa shape index (κ1) is 17.2. The Kier molecular flexibility index (Phi) is 5.55. The van der Waals surface area contributed by atoms with Gasteiger partial charge in [0.1, 0.15) is 5.82 Å². The molecule has 0 aliphatic rings. The number of aliphatic hydroxyl groups excluding tert-OH is 1. The van der Waals surface area contributed by atoms with Crippen molar-refractivity contribution in [2.24, 2.45) is 5.73 Å². The van der Waals surface area contributed by atoms with Gasteiger partial charge < -0.3 is 15.4 Å². The predicted molar refractivity (Wildman–Crippen MR) is 88.8 cm³/mol. The summed E-state index contributed by atoms with van der Waals surface area (Å²) < 4.78 is 15.7. The minimum Gasteiger partial charge on any atom is -0.396 e. The van der Waals surface area contributed by atoms with Crippen LogP contribution in [0.5, 0.6) is 0 Å². The molecule has 5 heteroatoms. The van der Waals surface area contributed by atoms with Gasteiger partial charge in [0.25, 0.3) is 5.91 Å². The van der Waals surface area contributed by atoms with E-state index in [1.807, 2.05) is 11.5 Å². The molecule has 1 aromatic carbocycles. The van der Waals surface area contributed by atoms with Gasteiger partial charge in [-0.05, 0) is 37.5 Å². The molecule has 0 atom stereocenters.